The van der Waals surface area contributed by atoms with Crippen molar-refractivity contribution < 1.29 is 9.53 Å². The molecule has 0 spiro atoms. The zero-order valence-corrected chi connectivity index (χ0v) is 12.3. The van der Waals surface area contributed by atoms with Crippen LogP contribution in [0.15, 0.2) is 34.9 Å². The van der Waals surface area contributed by atoms with E-state index in [2.05, 4.69) is 26.3 Å². The third-order valence-corrected chi connectivity index (χ3v) is 3.16. The minimum atomic E-state index is -0.257. The minimum absolute atomic E-state index is 0.257. The molecule has 0 radical (unpaired) electrons. The maximum atomic E-state index is 12.1. The lowest BCUT2D eigenvalue weighted by atomic mass is 10.3. The molecule has 100 valence electrons. The first-order valence-corrected chi connectivity index (χ1v) is 6.61. The standard InChI is InChI=1S/C13H14BrN3O2/c1-3-17-8-11(14)12(16-17)13(18)15-9-5-4-6-10(7-9)19-2/h4-8H,3H2,1-2H3,(H,15,18). The maximum Gasteiger partial charge on any atom is 0.277 e. The maximum absolute atomic E-state index is 12.1. The SMILES string of the molecule is CCn1cc(Br)c(C(=O)Nc2cccc(OC)c2)n1. The van der Waals surface area contributed by atoms with Crippen LogP contribution in [-0.4, -0.2) is 22.8 Å². The fraction of sp³-hybridized carbons (Fsp3) is 0.231. The predicted octanol–water partition coefficient (Wildman–Crippen LogP) is 2.93. The summed E-state index contributed by atoms with van der Waals surface area (Å²) in [5, 5.41) is 6.98. The number of carbonyl (C=O) groups is 1. The van der Waals surface area contributed by atoms with Crippen LogP contribution in [0.5, 0.6) is 5.75 Å². The summed E-state index contributed by atoms with van der Waals surface area (Å²) >= 11 is 3.33. The summed E-state index contributed by atoms with van der Waals surface area (Å²) in [5.74, 6) is 0.434. The number of rotatable bonds is 4. The van der Waals surface area contributed by atoms with E-state index in [0.717, 1.165) is 0 Å². The van der Waals surface area contributed by atoms with Crippen molar-refractivity contribution in [2.24, 2.45) is 0 Å². The minimum Gasteiger partial charge on any atom is -0.497 e. The van der Waals surface area contributed by atoms with E-state index in [1.54, 1.807) is 30.1 Å². The van der Waals surface area contributed by atoms with Crippen LogP contribution in [0.4, 0.5) is 5.69 Å². The summed E-state index contributed by atoms with van der Waals surface area (Å²) in [6.45, 7) is 2.67. The van der Waals surface area contributed by atoms with Gasteiger partial charge in [-0.05, 0) is 35.0 Å². The molecule has 0 bridgehead atoms. The molecule has 1 aromatic carbocycles. The number of hydrogen-bond acceptors (Lipinski definition) is 3. The van der Waals surface area contributed by atoms with Gasteiger partial charge >= 0.3 is 0 Å². The van der Waals surface area contributed by atoms with Gasteiger partial charge in [0.1, 0.15) is 5.75 Å². The molecule has 1 amide bonds. The number of amides is 1. The van der Waals surface area contributed by atoms with Gasteiger partial charge in [-0.3, -0.25) is 9.48 Å². The van der Waals surface area contributed by atoms with Gasteiger partial charge in [-0.1, -0.05) is 6.07 Å². The van der Waals surface area contributed by atoms with Gasteiger partial charge in [-0.25, -0.2) is 0 Å². The Morgan fingerprint density at radius 3 is 2.95 bits per heavy atom. The second-order valence-corrected chi connectivity index (χ2v) is 4.72. The average molecular weight is 324 g/mol. The van der Waals surface area contributed by atoms with Crippen LogP contribution in [0.2, 0.25) is 0 Å². The number of methoxy groups -OCH3 is 1. The summed E-state index contributed by atoms with van der Waals surface area (Å²) in [7, 11) is 1.58. The molecule has 0 aliphatic heterocycles. The molecule has 19 heavy (non-hydrogen) atoms. The van der Waals surface area contributed by atoms with E-state index >= 15 is 0 Å². The highest BCUT2D eigenvalue weighted by molar-refractivity contribution is 9.10. The van der Waals surface area contributed by atoms with E-state index in [9.17, 15) is 4.79 Å². The average Bonchev–Trinajstić information content (AvgIpc) is 2.80. The van der Waals surface area contributed by atoms with Crippen molar-refractivity contribution in [3.63, 3.8) is 0 Å². The lowest BCUT2D eigenvalue weighted by molar-refractivity contribution is 0.102. The zero-order valence-electron chi connectivity index (χ0n) is 10.7. The normalized spacial score (nSPS) is 10.3. The molecule has 2 rings (SSSR count). The number of anilines is 1. The molecule has 1 N–H and O–H groups in total. The van der Waals surface area contributed by atoms with Crippen LogP contribution >= 0.6 is 15.9 Å². The summed E-state index contributed by atoms with van der Waals surface area (Å²) < 4.78 is 7.48. The van der Waals surface area contributed by atoms with Gasteiger partial charge in [0.2, 0.25) is 0 Å². The van der Waals surface area contributed by atoms with E-state index in [1.165, 1.54) is 0 Å². The monoisotopic (exact) mass is 323 g/mol. The first-order valence-electron chi connectivity index (χ1n) is 5.82. The third kappa shape index (κ3) is 3.14. The molecule has 0 unspecified atom stereocenters. The highest BCUT2D eigenvalue weighted by Crippen LogP contribution is 2.20. The summed E-state index contributed by atoms with van der Waals surface area (Å²) in [6.07, 6.45) is 1.78. The Morgan fingerprint density at radius 2 is 2.32 bits per heavy atom. The van der Waals surface area contributed by atoms with Crippen molar-refractivity contribution in [3.05, 3.63) is 40.6 Å². The van der Waals surface area contributed by atoms with Gasteiger partial charge < -0.3 is 10.1 Å². The quantitative estimate of drug-likeness (QED) is 0.941. The molecule has 2 aromatic rings. The molecular weight excluding hydrogens is 310 g/mol. The Bertz CT molecular complexity index is 595. The number of aromatic nitrogens is 2. The smallest absolute Gasteiger partial charge is 0.277 e. The Balaban J connectivity index is 2.17. The number of hydrogen-bond donors (Lipinski definition) is 1. The molecule has 5 nitrogen and oxygen atoms in total. The Kier molecular flexibility index (Phi) is 4.21. The van der Waals surface area contributed by atoms with E-state index in [-0.39, 0.29) is 5.91 Å². The number of halogens is 1. The third-order valence-electron chi connectivity index (χ3n) is 2.58. The summed E-state index contributed by atoms with van der Waals surface area (Å²) in [5.41, 5.74) is 1.03. The van der Waals surface area contributed by atoms with Crippen LogP contribution < -0.4 is 10.1 Å². The number of carbonyl (C=O) groups excluding carboxylic acids is 1. The molecule has 0 aliphatic carbocycles. The van der Waals surface area contributed by atoms with E-state index < -0.39 is 0 Å². The topological polar surface area (TPSA) is 56.2 Å². The second-order valence-electron chi connectivity index (χ2n) is 3.87. The van der Waals surface area contributed by atoms with Crippen molar-refractivity contribution in [3.8, 4) is 5.75 Å². The number of nitrogens with one attached hydrogen (secondary N) is 1. The Hall–Kier alpha value is -1.82. The largest absolute Gasteiger partial charge is 0.497 e. The molecule has 0 saturated heterocycles. The Labute approximate surface area is 119 Å². The molecule has 1 heterocycles. The Morgan fingerprint density at radius 1 is 1.53 bits per heavy atom. The molecule has 0 fully saturated rings. The van der Waals surface area contributed by atoms with Crippen LogP contribution in [-0.2, 0) is 6.54 Å². The number of benzene rings is 1. The van der Waals surface area contributed by atoms with Crippen LogP contribution in [0.1, 0.15) is 17.4 Å². The number of ether oxygens (including phenoxy) is 1. The van der Waals surface area contributed by atoms with Gasteiger partial charge in [-0.2, -0.15) is 5.10 Å². The van der Waals surface area contributed by atoms with Crippen molar-refractivity contribution in [1.82, 2.24) is 9.78 Å². The van der Waals surface area contributed by atoms with Crippen molar-refractivity contribution in [1.29, 1.82) is 0 Å². The van der Waals surface area contributed by atoms with Crippen LogP contribution in [0.25, 0.3) is 0 Å². The fourth-order valence-corrected chi connectivity index (χ4v) is 2.10. The molecule has 1 aromatic heterocycles. The van der Waals surface area contributed by atoms with Gasteiger partial charge in [0.05, 0.1) is 11.6 Å². The molecule has 0 atom stereocenters. The highest BCUT2D eigenvalue weighted by atomic mass is 79.9. The molecule has 6 heteroatoms. The first kappa shape index (κ1) is 13.6. The number of nitrogens with zero attached hydrogens (tertiary/aromatic N) is 2. The van der Waals surface area contributed by atoms with Gasteiger partial charge in [0, 0.05) is 24.5 Å². The van der Waals surface area contributed by atoms with Crippen molar-refractivity contribution in [2.45, 2.75) is 13.5 Å². The fourth-order valence-electron chi connectivity index (χ4n) is 1.60. The lowest BCUT2D eigenvalue weighted by Crippen LogP contribution is -2.13. The van der Waals surface area contributed by atoms with Crippen molar-refractivity contribution >= 4 is 27.5 Å². The van der Waals surface area contributed by atoms with Gasteiger partial charge in [0.15, 0.2) is 5.69 Å². The van der Waals surface area contributed by atoms with E-state index in [1.807, 2.05) is 19.1 Å². The number of aryl methyl sites for hydroxylation is 1. The van der Waals surface area contributed by atoms with Gasteiger partial charge in [0.25, 0.3) is 5.91 Å². The van der Waals surface area contributed by atoms with E-state index in [0.29, 0.717) is 28.1 Å². The zero-order chi connectivity index (χ0) is 13.8. The predicted molar refractivity (Wildman–Crippen MR) is 76.5 cm³/mol. The molecule has 0 saturated carbocycles. The van der Waals surface area contributed by atoms with E-state index in [4.69, 9.17) is 4.74 Å². The van der Waals surface area contributed by atoms with Crippen molar-refractivity contribution in [2.75, 3.05) is 12.4 Å². The molecule has 0 aliphatic rings. The van der Waals surface area contributed by atoms with Crippen LogP contribution in [0, 0.1) is 0 Å². The first-order chi connectivity index (χ1) is 9.13. The molecular formula is C13H14BrN3O2. The van der Waals surface area contributed by atoms with Crippen LogP contribution in [0.3, 0.4) is 0 Å². The second kappa shape index (κ2) is 5.88. The lowest BCUT2D eigenvalue weighted by Gasteiger charge is -2.05. The summed E-state index contributed by atoms with van der Waals surface area (Å²) in [6, 6.07) is 7.18. The van der Waals surface area contributed by atoms with Gasteiger partial charge in [-0.15, -0.1) is 0 Å². The highest BCUT2D eigenvalue weighted by Gasteiger charge is 2.15. The summed E-state index contributed by atoms with van der Waals surface area (Å²) in [4.78, 5) is 12.1.